The summed E-state index contributed by atoms with van der Waals surface area (Å²) in [6.45, 7) is 0. The summed E-state index contributed by atoms with van der Waals surface area (Å²) in [6.07, 6.45) is 1.35. The fraction of sp³-hybridized carbons (Fsp3) is 0. The summed E-state index contributed by atoms with van der Waals surface area (Å²) in [6, 6.07) is 3.16. The van der Waals surface area contributed by atoms with Crippen LogP contribution < -0.4 is 5.73 Å². The predicted molar refractivity (Wildman–Crippen MR) is 47.5 cm³/mol. The number of amides is 1. The lowest BCUT2D eigenvalue weighted by Crippen LogP contribution is -2.10. The number of primary amides is 1. The highest BCUT2D eigenvalue weighted by atomic mass is 35.5. The highest BCUT2D eigenvalue weighted by Crippen LogP contribution is 2.21. The number of aromatic nitrogens is 1. The minimum atomic E-state index is -0.522. The van der Waals surface area contributed by atoms with E-state index >= 15 is 0 Å². The minimum absolute atomic E-state index is 0.240. The maximum Gasteiger partial charge on any atom is 0.250 e. The molecule has 0 radical (unpaired) electrons. The summed E-state index contributed by atoms with van der Waals surface area (Å²) < 4.78 is 5.00. The molecule has 0 aromatic carbocycles. The lowest BCUT2D eigenvalue weighted by atomic mass is 10.2. The molecule has 2 heterocycles. The van der Waals surface area contributed by atoms with Gasteiger partial charge in [-0.3, -0.25) is 4.79 Å². The Labute approximate surface area is 78.3 Å². The van der Waals surface area contributed by atoms with E-state index in [0.717, 1.165) is 0 Å². The Kier molecular flexibility index (Phi) is 1.70. The number of carbonyl (C=O) groups is 1. The Balaban J connectivity index is 2.67. The van der Waals surface area contributed by atoms with Crippen LogP contribution >= 0.6 is 11.6 Å². The Hall–Kier alpha value is -1.55. The summed E-state index contributed by atoms with van der Waals surface area (Å²) in [5, 5.41) is 0.908. The highest BCUT2D eigenvalue weighted by Gasteiger charge is 2.06. The first-order valence-corrected chi connectivity index (χ1v) is 3.89. The number of nitrogens with two attached hydrogens (primary N) is 1. The number of nitrogens with zero attached hydrogens (tertiary/aromatic N) is 1. The molecular weight excluding hydrogens is 192 g/mol. The predicted octanol–water partition coefficient (Wildman–Crippen LogP) is 1.58. The molecule has 0 aliphatic heterocycles. The Bertz CT molecular complexity index is 478. The molecule has 13 heavy (non-hydrogen) atoms. The summed E-state index contributed by atoms with van der Waals surface area (Å²) >= 11 is 5.59. The second-order valence-corrected chi connectivity index (χ2v) is 2.91. The number of pyridine rings is 1. The van der Waals surface area contributed by atoms with Crippen LogP contribution in [0.5, 0.6) is 0 Å². The van der Waals surface area contributed by atoms with Crippen LogP contribution in [0.15, 0.2) is 22.7 Å². The molecule has 2 aromatic rings. The molecule has 2 N–H and O–H groups in total. The van der Waals surface area contributed by atoms with Gasteiger partial charge in [-0.05, 0) is 17.7 Å². The zero-order chi connectivity index (χ0) is 9.42. The van der Waals surface area contributed by atoms with Crippen molar-refractivity contribution in [2.75, 3.05) is 0 Å². The van der Waals surface area contributed by atoms with Gasteiger partial charge < -0.3 is 10.2 Å². The first-order valence-electron chi connectivity index (χ1n) is 3.52. The molecule has 0 saturated carbocycles. The number of hydrogen-bond donors (Lipinski definition) is 1. The standard InChI is InChI=1S/C8H5ClN2O2/c9-6-2-4-1-5(7(10)12)3-11-8(4)13-6/h1-3H,(H2,10,12). The van der Waals surface area contributed by atoms with Crippen molar-refractivity contribution in [1.82, 2.24) is 4.98 Å². The second kappa shape index (κ2) is 2.74. The number of furan rings is 1. The number of rotatable bonds is 1. The van der Waals surface area contributed by atoms with Gasteiger partial charge in [0.15, 0.2) is 5.22 Å². The van der Waals surface area contributed by atoms with Crippen molar-refractivity contribution in [3.63, 3.8) is 0 Å². The third-order valence-corrected chi connectivity index (χ3v) is 1.81. The van der Waals surface area contributed by atoms with Crippen molar-refractivity contribution in [1.29, 1.82) is 0 Å². The molecule has 2 rings (SSSR count). The van der Waals surface area contributed by atoms with Gasteiger partial charge >= 0.3 is 0 Å². The van der Waals surface area contributed by atoms with E-state index in [1.807, 2.05) is 0 Å². The first kappa shape index (κ1) is 8.07. The molecule has 0 bridgehead atoms. The maximum atomic E-state index is 10.8. The largest absolute Gasteiger partial charge is 0.426 e. The third-order valence-electron chi connectivity index (χ3n) is 1.63. The summed E-state index contributed by atoms with van der Waals surface area (Å²) in [5.41, 5.74) is 5.81. The van der Waals surface area contributed by atoms with Crippen LogP contribution in [0.1, 0.15) is 10.4 Å². The fourth-order valence-electron chi connectivity index (χ4n) is 1.04. The monoisotopic (exact) mass is 196 g/mol. The van der Waals surface area contributed by atoms with Crippen molar-refractivity contribution in [3.05, 3.63) is 29.1 Å². The zero-order valence-corrected chi connectivity index (χ0v) is 7.21. The van der Waals surface area contributed by atoms with Gasteiger partial charge in [0, 0.05) is 17.6 Å². The maximum absolute atomic E-state index is 10.8. The lowest BCUT2D eigenvalue weighted by molar-refractivity contribution is 0.1000. The summed E-state index contributed by atoms with van der Waals surface area (Å²) in [7, 11) is 0. The molecule has 0 saturated heterocycles. The van der Waals surface area contributed by atoms with Crippen LogP contribution in [0.3, 0.4) is 0 Å². The number of hydrogen-bond acceptors (Lipinski definition) is 3. The van der Waals surface area contributed by atoms with Gasteiger partial charge in [-0.15, -0.1) is 0 Å². The van der Waals surface area contributed by atoms with E-state index in [1.165, 1.54) is 6.20 Å². The molecule has 0 aliphatic rings. The Morgan fingerprint density at radius 1 is 1.54 bits per heavy atom. The van der Waals surface area contributed by atoms with Gasteiger partial charge in [0.2, 0.25) is 11.6 Å². The quantitative estimate of drug-likeness (QED) is 0.753. The summed E-state index contributed by atoms with van der Waals surface area (Å²) in [5.74, 6) is -0.522. The van der Waals surface area contributed by atoms with E-state index in [2.05, 4.69) is 4.98 Å². The van der Waals surface area contributed by atoms with Crippen LogP contribution in [0.2, 0.25) is 5.22 Å². The molecule has 0 atom stereocenters. The van der Waals surface area contributed by atoms with Crippen LogP contribution in [0, 0.1) is 0 Å². The van der Waals surface area contributed by atoms with Gasteiger partial charge in [-0.1, -0.05) is 0 Å². The molecule has 1 amide bonds. The van der Waals surface area contributed by atoms with Crippen LogP contribution in [-0.4, -0.2) is 10.9 Å². The normalized spacial score (nSPS) is 10.5. The highest BCUT2D eigenvalue weighted by molar-refractivity contribution is 6.29. The fourth-order valence-corrected chi connectivity index (χ4v) is 1.23. The Morgan fingerprint density at radius 2 is 2.31 bits per heavy atom. The molecule has 4 nitrogen and oxygen atoms in total. The lowest BCUT2D eigenvalue weighted by Gasteiger charge is -1.92. The van der Waals surface area contributed by atoms with E-state index in [-0.39, 0.29) is 5.22 Å². The van der Waals surface area contributed by atoms with Gasteiger partial charge in [0.25, 0.3) is 0 Å². The molecule has 0 spiro atoms. The van der Waals surface area contributed by atoms with E-state index in [1.54, 1.807) is 12.1 Å². The molecule has 66 valence electrons. The van der Waals surface area contributed by atoms with Crippen molar-refractivity contribution in [2.45, 2.75) is 0 Å². The van der Waals surface area contributed by atoms with Crippen LogP contribution in [0.25, 0.3) is 11.1 Å². The van der Waals surface area contributed by atoms with Gasteiger partial charge in [-0.25, -0.2) is 4.98 Å². The number of carbonyl (C=O) groups excluding carboxylic acids is 1. The topological polar surface area (TPSA) is 69.1 Å². The summed E-state index contributed by atoms with van der Waals surface area (Å²) in [4.78, 5) is 14.6. The molecule has 5 heteroatoms. The van der Waals surface area contributed by atoms with E-state index in [4.69, 9.17) is 21.8 Å². The molecule has 0 fully saturated rings. The molecule has 0 unspecified atom stereocenters. The van der Waals surface area contributed by atoms with E-state index in [9.17, 15) is 4.79 Å². The van der Waals surface area contributed by atoms with Crippen LogP contribution in [-0.2, 0) is 0 Å². The third kappa shape index (κ3) is 1.36. The number of halogens is 1. The first-order chi connectivity index (χ1) is 6.16. The molecular formula is C8H5ClN2O2. The average Bonchev–Trinajstić information content (AvgIpc) is 2.42. The average molecular weight is 197 g/mol. The zero-order valence-electron chi connectivity index (χ0n) is 6.45. The van der Waals surface area contributed by atoms with Gasteiger partial charge in [0.05, 0.1) is 5.56 Å². The number of fused-ring (bicyclic) bond motifs is 1. The van der Waals surface area contributed by atoms with Crippen molar-refractivity contribution >= 4 is 28.6 Å². The van der Waals surface area contributed by atoms with Gasteiger partial charge in [-0.2, -0.15) is 0 Å². The van der Waals surface area contributed by atoms with Crippen molar-refractivity contribution < 1.29 is 9.21 Å². The minimum Gasteiger partial charge on any atom is -0.426 e. The molecule has 0 aliphatic carbocycles. The second-order valence-electron chi connectivity index (χ2n) is 2.53. The van der Waals surface area contributed by atoms with Crippen LogP contribution in [0.4, 0.5) is 0 Å². The van der Waals surface area contributed by atoms with Crippen molar-refractivity contribution in [2.24, 2.45) is 5.73 Å². The van der Waals surface area contributed by atoms with E-state index in [0.29, 0.717) is 16.7 Å². The van der Waals surface area contributed by atoms with Gasteiger partial charge in [0.1, 0.15) is 0 Å². The van der Waals surface area contributed by atoms with E-state index < -0.39 is 5.91 Å². The smallest absolute Gasteiger partial charge is 0.250 e. The SMILES string of the molecule is NC(=O)c1cnc2oc(Cl)cc2c1. The van der Waals surface area contributed by atoms with Crippen molar-refractivity contribution in [3.8, 4) is 0 Å². The Morgan fingerprint density at radius 3 is 3.00 bits per heavy atom. The molecule has 2 aromatic heterocycles.